The molecule has 3 N–H and O–H groups in total. The van der Waals surface area contributed by atoms with Crippen LogP contribution < -0.4 is 19.7 Å². The topological polar surface area (TPSA) is 153 Å². The Kier molecular flexibility index (Phi) is 13.0. The van der Waals surface area contributed by atoms with Gasteiger partial charge in [-0.25, -0.2) is 13.1 Å². The summed E-state index contributed by atoms with van der Waals surface area (Å²) >= 11 is 6.25. The van der Waals surface area contributed by atoms with E-state index >= 15 is 0 Å². The maximum absolute atomic E-state index is 14.0. The number of H-pyrrole nitrogens is 1. The molecule has 1 amide bonds. The summed E-state index contributed by atoms with van der Waals surface area (Å²) in [6.45, 7) is 5.79. The second-order valence-electron chi connectivity index (χ2n) is 16.3. The van der Waals surface area contributed by atoms with Gasteiger partial charge in [0.25, 0.3) is 21.6 Å². The number of nitrogens with zero attached hydrogens (tertiary/aromatic N) is 4. The summed E-state index contributed by atoms with van der Waals surface area (Å²) in [5.41, 5.74) is 5.74. The number of carbonyl (C=O) groups is 1. The second kappa shape index (κ2) is 18.7. The Morgan fingerprint density at radius 1 is 0.885 bits per heavy atom. The molecule has 0 spiro atoms. The number of amides is 1. The molecule has 13 nitrogen and oxygen atoms in total. The number of halogens is 1. The third-order valence-corrected chi connectivity index (χ3v) is 13.8. The summed E-state index contributed by atoms with van der Waals surface area (Å²) in [7, 11) is -2.51. The van der Waals surface area contributed by atoms with E-state index in [2.05, 4.69) is 41.9 Å². The lowest BCUT2D eigenvalue weighted by Crippen LogP contribution is -2.47. The summed E-state index contributed by atoms with van der Waals surface area (Å²) in [6.07, 6.45) is 10.4. The van der Waals surface area contributed by atoms with Crippen LogP contribution in [0.3, 0.4) is 0 Å². The van der Waals surface area contributed by atoms with Crippen molar-refractivity contribution in [2.75, 3.05) is 63.1 Å². The number of hydrogen-bond donors (Lipinski definition) is 3. The Labute approximate surface area is 361 Å². The maximum Gasteiger partial charge on any atom is 0.293 e. The Hall–Kier alpha value is -5.41. The van der Waals surface area contributed by atoms with E-state index in [0.29, 0.717) is 5.75 Å². The number of rotatable bonds is 12. The van der Waals surface area contributed by atoms with E-state index in [1.54, 1.807) is 24.4 Å². The first-order valence-corrected chi connectivity index (χ1v) is 23.0. The van der Waals surface area contributed by atoms with Crippen molar-refractivity contribution < 1.29 is 22.9 Å². The van der Waals surface area contributed by atoms with Gasteiger partial charge in [0.15, 0.2) is 0 Å². The average Bonchev–Trinajstić information content (AvgIpc) is 3.74. The minimum atomic E-state index is -4.54. The summed E-state index contributed by atoms with van der Waals surface area (Å²) in [6, 6.07) is 24.5. The standard InChI is InChI=1S/C46H52ClN7O6S/c1-51-23-20-35(21-24-51)49-42-18-16-37(30-43(42)54(56)57)61(58,59)50-46(55)40-17-15-36(29-45(40)60-44-10-6-9-41-39(44)19-22-48-41)53-27-25-52(26-28-53)31-33-7-4-2-3-5-8-38(33)32-11-13-34(47)14-12-32/h6,9-19,22,29-30,35,48-49H,2-5,7-8,20-21,23-28,31H2,1H3,(H,50,55)/b38-33-. The fourth-order valence-electron chi connectivity index (χ4n) is 8.73. The van der Waals surface area contributed by atoms with Gasteiger partial charge in [-0.15, -0.1) is 0 Å². The van der Waals surface area contributed by atoms with Crippen molar-refractivity contribution in [1.29, 1.82) is 0 Å². The normalized spacial score (nSPS) is 18.7. The van der Waals surface area contributed by atoms with E-state index in [1.807, 2.05) is 43.4 Å². The molecule has 2 saturated heterocycles. The van der Waals surface area contributed by atoms with Crippen molar-refractivity contribution in [3.05, 3.63) is 123 Å². The van der Waals surface area contributed by atoms with Crippen molar-refractivity contribution in [2.45, 2.75) is 62.3 Å². The van der Waals surface area contributed by atoms with Crippen molar-refractivity contribution in [2.24, 2.45) is 0 Å². The van der Waals surface area contributed by atoms with Crippen LogP contribution in [-0.4, -0.2) is 92.9 Å². The molecular formula is C46H52ClN7O6S. The molecule has 0 radical (unpaired) electrons. The lowest BCUT2D eigenvalue weighted by Gasteiger charge is -2.37. The van der Waals surface area contributed by atoms with Crippen LogP contribution in [0.1, 0.15) is 67.3 Å². The minimum absolute atomic E-state index is 0.000462. The Morgan fingerprint density at radius 3 is 2.39 bits per heavy atom. The number of ether oxygens (including phenoxy) is 1. The zero-order chi connectivity index (χ0) is 42.5. The molecule has 8 rings (SSSR count). The fourth-order valence-corrected chi connectivity index (χ4v) is 9.85. The number of piperazine rings is 1. The first-order valence-electron chi connectivity index (χ1n) is 21.1. The highest BCUT2D eigenvalue weighted by Crippen LogP contribution is 2.36. The largest absolute Gasteiger partial charge is 0.456 e. The molecule has 2 fully saturated rings. The number of nitro benzene ring substituents is 1. The number of aromatic nitrogens is 1. The smallest absolute Gasteiger partial charge is 0.293 e. The van der Waals surface area contributed by atoms with Gasteiger partial charge >= 0.3 is 0 Å². The molecule has 2 aliphatic heterocycles. The van der Waals surface area contributed by atoms with E-state index in [0.717, 1.165) is 99.2 Å². The lowest BCUT2D eigenvalue weighted by atomic mass is 9.88. The molecule has 3 heterocycles. The van der Waals surface area contributed by atoms with Crippen molar-refractivity contribution in [1.82, 2.24) is 19.5 Å². The highest BCUT2D eigenvalue weighted by molar-refractivity contribution is 7.90. The van der Waals surface area contributed by atoms with Crippen molar-refractivity contribution >= 4 is 61.1 Å². The zero-order valence-corrected chi connectivity index (χ0v) is 35.9. The molecule has 0 saturated carbocycles. The van der Waals surface area contributed by atoms with Crippen LogP contribution in [0.4, 0.5) is 17.1 Å². The van der Waals surface area contributed by atoms with Gasteiger partial charge in [0.1, 0.15) is 17.2 Å². The molecular weight excluding hydrogens is 814 g/mol. The quantitative estimate of drug-likeness (QED) is 0.0818. The van der Waals surface area contributed by atoms with Gasteiger partial charge < -0.3 is 24.8 Å². The molecule has 15 heteroatoms. The van der Waals surface area contributed by atoms with Crippen LogP contribution in [0.5, 0.6) is 11.5 Å². The minimum Gasteiger partial charge on any atom is -0.456 e. The van der Waals surface area contributed by atoms with Gasteiger partial charge in [0.05, 0.1) is 15.4 Å². The number of hydrogen-bond acceptors (Lipinski definition) is 10. The van der Waals surface area contributed by atoms with Crippen LogP contribution in [0.15, 0.2) is 102 Å². The van der Waals surface area contributed by atoms with E-state index in [-0.39, 0.29) is 28.7 Å². The number of sulfonamides is 1. The molecule has 0 bridgehead atoms. The summed E-state index contributed by atoms with van der Waals surface area (Å²) in [5.74, 6) is -0.255. The number of piperidine rings is 1. The van der Waals surface area contributed by atoms with Gasteiger partial charge in [0.2, 0.25) is 0 Å². The van der Waals surface area contributed by atoms with E-state index in [9.17, 15) is 23.3 Å². The predicted molar refractivity (Wildman–Crippen MR) is 241 cm³/mol. The number of nitro groups is 1. The third kappa shape index (κ3) is 10.0. The molecule has 320 valence electrons. The van der Waals surface area contributed by atoms with Crippen LogP contribution >= 0.6 is 11.6 Å². The van der Waals surface area contributed by atoms with Crippen LogP contribution in [0, 0.1) is 10.1 Å². The molecule has 1 aromatic heterocycles. The Morgan fingerprint density at radius 2 is 1.64 bits per heavy atom. The van der Waals surface area contributed by atoms with Gasteiger partial charge in [-0.05, 0) is 124 Å². The molecule has 4 aromatic carbocycles. The zero-order valence-electron chi connectivity index (χ0n) is 34.4. The van der Waals surface area contributed by atoms with Crippen LogP contribution in [0.25, 0.3) is 16.5 Å². The molecule has 5 aromatic rings. The number of likely N-dealkylation sites (tertiary alicyclic amines) is 1. The molecule has 0 unspecified atom stereocenters. The second-order valence-corrected chi connectivity index (χ2v) is 18.5. The summed E-state index contributed by atoms with van der Waals surface area (Å²) < 4.78 is 36.1. The third-order valence-electron chi connectivity index (χ3n) is 12.2. The average molecular weight is 866 g/mol. The Bertz CT molecular complexity index is 2530. The fraction of sp³-hybridized carbons (Fsp3) is 0.370. The van der Waals surface area contributed by atoms with E-state index < -0.39 is 25.7 Å². The van der Waals surface area contributed by atoms with Crippen LogP contribution in [-0.2, 0) is 10.0 Å². The van der Waals surface area contributed by atoms with Gasteiger partial charge in [-0.2, -0.15) is 0 Å². The van der Waals surface area contributed by atoms with Crippen molar-refractivity contribution in [3.8, 4) is 11.5 Å². The van der Waals surface area contributed by atoms with E-state index in [1.165, 1.54) is 54.5 Å². The summed E-state index contributed by atoms with van der Waals surface area (Å²) in [5, 5.41) is 16.9. The van der Waals surface area contributed by atoms with Crippen molar-refractivity contribution in [3.63, 3.8) is 0 Å². The number of carbonyl (C=O) groups excluding carboxylic acids is 1. The van der Waals surface area contributed by atoms with E-state index in [4.69, 9.17) is 16.3 Å². The Balaban J connectivity index is 1.02. The highest BCUT2D eigenvalue weighted by Gasteiger charge is 2.28. The molecule has 3 aliphatic rings. The predicted octanol–water partition coefficient (Wildman–Crippen LogP) is 9.08. The molecule has 0 atom stereocenters. The first-order chi connectivity index (χ1) is 29.5. The first kappa shape index (κ1) is 42.3. The van der Waals surface area contributed by atoms with Gasteiger partial charge in [0, 0.05) is 78.7 Å². The monoisotopic (exact) mass is 865 g/mol. The number of nitrogens with one attached hydrogen (secondary N) is 3. The molecule has 1 aliphatic carbocycles. The number of aromatic amines is 1. The lowest BCUT2D eigenvalue weighted by molar-refractivity contribution is -0.384. The van der Waals surface area contributed by atoms with Gasteiger partial charge in [-0.1, -0.05) is 48.2 Å². The summed E-state index contributed by atoms with van der Waals surface area (Å²) in [4.78, 5) is 35.3. The number of allylic oxidation sites excluding steroid dienone is 1. The van der Waals surface area contributed by atoms with Crippen LogP contribution in [0.2, 0.25) is 5.02 Å². The molecule has 61 heavy (non-hydrogen) atoms. The maximum atomic E-state index is 14.0. The SMILES string of the molecule is CN1CCC(Nc2ccc(S(=O)(=O)NC(=O)c3ccc(N4CCN(C/C5=C(\c6ccc(Cl)cc6)CCCCCC5)CC4)cc3Oc3cccc4[nH]ccc34)cc2[N+](=O)[O-])CC1. The number of fused-ring (bicyclic) bond motifs is 1. The van der Waals surface area contributed by atoms with Gasteiger partial charge in [-0.3, -0.25) is 19.8 Å². The number of anilines is 2. The highest BCUT2D eigenvalue weighted by atomic mass is 35.5. The number of benzene rings is 4.